The molecule has 25 heavy (non-hydrogen) atoms. The zero-order valence-corrected chi connectivity index (χ0v) is 17.5. The van der Waals surface area contributed by atoms with Gasteiger partial charge in [0, 0.05) is 38.4 Å². The molecule has 3 rings (SSSR count). The highest BCUT2D eigenvalue weighted by atomic mass is 127. The number of nitrogens with zero attached hydrogens (tertiary/aromatic N) is 2. The second-order valence-electron chi connectivity index (χ2n) is 6.63. The molecule has 0 atom stereocenters. The summed E-state index contributed by atoms with van der Waals surface area (Å²) in [6.07, 6.45) is 6.54. The van der Waals surface area contributed by atoms with Crippen LogP contribution in [0.4, 0.5) is 5.69 Å². The topological polar surface area (TPSA) is 48.9 Å². The van der Waals surface area contributed by atoms with Crippen molar-refractivity contribution in [1.29, 1.82) is 0 Å². The van der Waals surface area contributed by atoms with Crippen LogP contribution >= 0.6 is 24.0 Å². The Morgan fingerprint density at radius 1 is 1.16 bits per heavy atom. The van der Waals surface area contributed by atoms with Crippen molar-refractivity contribution < 1.29 is 4.74 Å². The minimum absolute atomic E-state index is 0. The second kappa shape index (κ2) is 10.9. The summed E-state index contributed by atoms with van der Waals surface area (Å²) in [5.41, 5.74) is 2.62. The largest absolute Gasteiger partial charge is 0.378 e. The minimum Gasteiger partial charge on any atom is -0.378 e. The van der Waals surface area contributed by atoms with Gasteiger partial charge in [0.25, 0.3) is 0 Å². The molecule has 0 unspecified atom stereocenters. The van der Waals surface area contributed by atoms with Gasteiger partial charge in [-0.05, 0) is 24.5 Å². The maximum atomic E-state index is 5.47. The number of anilines is 1. The van der Waals surface area contributed by atoms with Crippen molar-refractivity contribution in [2.75, 3.05) is 38.3 Å². The van der Waals surface area contributed by atoms with Crippen LogP contribution in [0.25, 0.3) is 0 Å². The molecule has 140 valence electrons. The quantitative estimate of drug-likeness (QED) is 0.414. The Labute approximate surface area is 168 Å². The van der Waals surface area contributed by atoms with Gasteiger partial charge in [-0.25, -0.2) is 0 Å². The molecule has 0 aromatic heterocycles. The summed E-state index contributed by atoms with van der Waals surface area (Å²) in [6, 6.07) is 9.20. The molecule has 1 aromatic carbocycles. The third-order valence-electron chi connectivity index (χ3n) is 4.96. The maximum absolute atomic E-state index is 5.47. The summed E-state index contributed by atoms with van der Waals surface area (Å²) in [5.74, 6) is 0.915. The molecule has 5 nitrogen and oxygen atoms in total. The van der Waals surface area contributed by atoms with Gasteiger partial charge < -0.3 is 20.3 Å². The highest BCUT2D eigenvalue weighted by Crippen LogP contribution is 2.21. The Morgan fingerprint density at radius 2 is 1.88 bits per heavy atom. The van der Waals surface area contributed by atoms with Gasteiger partial charge in [0.05, 0.1) is 13.2 Å². The van der Waals surface area contributed by atoms with Crippen LogP contribution in [0, 0.1) is 0 Å². The molecule has 1 aliphatic carbocycles. The van der Waals surface area contributed by atoms with Gasteiger partial charge in [0.15, 0.2) is 5.96 Å². The zero-order chi connectivity index (χ0) is 16.6. The van der Waals surface area contributed by atoms with Crippen molar-refractivity contribution in [2.24, 2.45) is 4.99 Å². The zero-order valence-electron chi connectivity index (χ0n) is 15.2. The molecule has 2 fully saturated rings. The summed E-state index contributed by atoms with van der Waals surface area (Å²) in [7, 11) is 1.85. The van der Waals surface area contributed by atoms with E-state index in [9.17, 15) is 0 Å². The van der Waals surface area contributed by atoms with Crippen LogP contribution < -0.4 is 15.5 Å². The number of hydrogen-bond donors (Lipinski definition) is 2. The van der Waals surface area contributed by atoms with E-state index in [1.807, 2.05) is 7.05 Å². The molecule has 0 radical (unpaired) electrons. The van der Waals surface area contributed by atoms with Gasteiger partial charge in [-0.2, -0.15) is 0 Å². The second-order valence-corrected chi connectivity index (χ2v) is 6.63. The van der Waals surface area contributed by atoms with Gasteiger partial charge in [0.1, 0.15) is 0 Å². The number of morpholine rings is 1. The lowest BCUT2D eigenvalue weighted by Crippen LogP contribution is -2.44. The van der Waals surface area contributed by atoms with Crippen molar-refractivity contribution in [3.8, 4) is 0 Å². The molecule has 2 N–H and O–H groups in total. The highest BCUT2D eigenvalue weighted by Gasteiger charge is 2.16. The predicted molar refractivity (Wildman–Crippen MR) is 115 cm³/mol. The molecule has 1 aliphatic heterocycles. The molecule has 1 saturated carbocycles. The molecule has 0 spiro atoms. The van der Waals surface area contributed by atoms with Gasteiger partial charge >= 0.3 is 0 Å². The third kappa shape index (κ3) is 6.02. The lowest BCUT2D eigenvalue weighted by atomic mass is 9.96. The first-order valence-corrected chi connectivity index (χ1v) is 9.24. The molecular weight excluding hydrogens is 427 g/mol. The standard InChI is InChI=1S/C19H30N4O.HI/c1-20-19(22-17-8-3-2-4-9-17)21-15-16-7-5-6-10-18(16)23-11-13-24-14-12-23;/h5-7,10,17H,2-4,8-9,11-15H2,1H3,(H2,20,21,22);1H. The molecule has 2 aliphatic rings. The first kappa shape index (κ1) is 20.3. The van der Waals surface area contributed by atoms with Gasteiger partial charge in [-0.3, -0.25) is 4.99 Å². The summed E-state index contributed by atoms with van der Waals surface area (Å²) in [4.78, 5) is 6.81. The van der Waals surface area contributed by atoms with Crippen molar-refractivity contribution in [1.82, 2.24) is 10.6 Å². The highest BCUT2D eigenvalue weighted by molar-refractivity contribution is 14.0. The number of halogens is 1. The van der Waals surface area contributed by atoms with Crippen molar-refractivity contribution >= 4 is 35.6 Å². The fraction of sp³-hybridized carbons (Fsp3) is 0.632. The van der Waals surface area contributed by atoms with Gasteiger partial charge in [-0.1, -0.05) is 37.5 Å². The number of benzene rings is 1. The van der Waals surface area contributed by atoms with E-state index in [0.29, 0.717) is 6.04 Å². The van der Waals surface area contributed by atoms with Crippen molar-refractivity contribution in [3.05, 3.63) is 29.8 Å². The van der Waals surface area contributed by atoms with Crippen LogP contribution in [-0.4, -0.2) is 45.4 Å². The Hall–Kier alpha value is -1.02. The van der Waals surface area contributed by atoms with Crippen LogP contribution in [-0.2, 0) is 11.3 Å². The smallest absolute Gasteiger partial charge is 0.191 e. The molecule has 1 saturated heterocycles. The number of nitrogens with one attached hydrogen (secondary N) is 2. The number of guanidine groups is 1. The summed E-state index contributed by atoms with van der Waals surface area (Å²) in [5, 5.41) is 7.07. The van der Waals surface area contributed by atoms with E-state index >= 15 is 0 Å². The average Bonchev–Trinajstić information content (AvgIpc) is 2.67. The van der Waals surface area contributed by atoms with E-state index in [2.05, 4.69) is 44.8 Å². The first-order chi connectivity index (χ1) is 11.9. The van der Waals surface area contributed by atoms with E-state index < -0.39 is 0 Å². The fourth-order valence-corrected chi connectivity index (χ4v) is 3.59. The van der Waals surface area contributed by atoms with E-state index in [-0.39, 0.29) is 24.0 Å². The lowest BCUT2D eigenvalue weighted by Gasteiger charge is -2.31. The van der Waals surface area contributed by atoms with Crippen molar-refractivity contribution in [3.63, 3.8) is 0 Å². The number of aliphatic imine (C=N–C) groups is 1. The van der Waals surface area contributed by atoms with Gasteiger partial charge in [0.2, 0.25) is 0 Å². The number of rotatable bonds is 4. The molecule has 1 aromatic rings. The molecule has 1 heterocycles. The Kier molecular flexibility index (Phi) is 8.81. The normalized spacial score (nSPS) is 19.2. The molecule has 6 heteroatoms. The lowest BCUT2D eigenvalue weighted by molar-refractivity contribution is 0.122. The minimum atomic E-state index is 0. The van der Waals surface area contributed by atoms with Crippen LogP contribution in [0.5, 0.6) is 0 Å². The first-order valence-electron chi connectivity index (χ1n) is 9.24. The maximum Gasteiger partial charge on any atom is 0.191 e. The summed E-state index contributed by atoms with van der Waals surface area (Å²) >= 11 is 0. The Bertz CT molecular complexity index is 540. The van der Waals surface area contributed by atoms with E-state index in [0.717, 1.165) is 38.8 Å². The number of ether oxygens (including phenoxy) is 1. The monoisotopic (exact) mass is 458 g/mol. The van der Waals surface area contributed by atoms with Crippen LogP contribution in [0.3, 0.4) is 0 Å². The Morgan fingerprint density at radius 3 is 2.60 bits per heavy atom. The molecular formula is C19H31IN4O. The van der Waals surface area contributed by atoms with Crippen molar-refractivity contribution in [2.45, 2.75) is 44.7 Å². The average molecular weight is 458 g/mol. The molecule has 0 amide bonds. The van der Waals surface area contributed by atoms with Crippen LogP contribution in [0.2, 0.25) is 0 Å². The van der Waals surface area contributed by atoms with E-state index in [4.69, 9.17) is 4.74 Å². The Balaban J connectivity index is 0.00000225. The van der Waals surface area contributed by atoms with Crippen LogP contribution in [0.15, 0.2) is 29.3 Å². The third-order valence-corrected chi connectivity index (χ3v) is 4.96. The fourth-order valence-electron chi connectivity index (χ4n) is 3.59. The van der Waals surface area contributed by atoms with E-state index in [1.165, 1.54) is 43.4 Å². The van der Waals surface area contributed by atoms with Gasteiger partial charge in [-0.15, -0.1) is 24.0 Å². The van der Waals surface area contributed by atoms with Crippen LogP contribution in [0.1, 0.15) is 37.7 Å². The summed E-state index contributed by atoms with van der Waals surface area (Å²) in [6.45, 7) is 4.34. The summed E-state index contributed by atoms with van der Waals surface area (Å²) < 4.78 is 5.47. The number of hydrogen-bond acceptors (Lipinski definition) is 3. The molecule has 0 bridgehead atoms. The van der Waals surface area contributed by atoms with E-state index in [1.54, 1.807) is 0 Å². The SMILES string of the molecule is CN=C(NCc1ccccc1N1CCOCC1)NC1CCCCC1.I. The number of para-hydroxylation sites is 1. The predicted octanol–water partition coefficient (Wildman–Crippen LogP) is 3.14.